The van der Waals surface area contributed by atoms with Gasteiger partial charge in [0.05, 0.1) is 5.56 Å². The van der Waals surface area contributed by atoms with Crippen LogP contribution in [0.4, 0.5) is 5.82 Å². The Morgan fingerprint density at radius 1 is 1.30 bits per heavy atom. The van der Waals surface area contributed by atoms with Crippen molar-refractivity contribution in [3.05, 3.63) is 42.2 Å². The van der Waals surface area contributed by atoms with E-state index in [2.05, 4.69) is 20.3 Å². The molecule has 1 aromatic carbocycles. The second kappa shape index (κ2) is 8.05. The molecule has 3 atom stereocenters. The Balaban J connectivity index is 1.61. The van der Waals surface area contributed by atoms with Crippen molar-refractivity contribution in [2.24, 2.45) is 0 Å². The van der Waals surface area contributed by atoms with E-state index < -0.39 is 38.5 Å². The van der Waals surface area contributed by atoms with Crippen molar-refractivity contribution in [2.45, 2.75) is 25.0 Å². The van der Waals surface area contributed by atoms with Crippen LogP contribution in [0.15, 0.2) is 36.7 Å². The van der Waals surface area contributed by atoms with Crippen LogP contribution in [0.2, 0.25) is 0 Å². The minimum Gasteiger partial charge on any atom is -0.454 e. The highest BCUT2D eigenvalue weighted by Crippen LogP contribution is 2.38. The molecule has 0 unspecified atom stereocenters. The summed E-state index contributed by atoms with van der Waals surface area (Å²) in [7, 11) is -4.42. The number of esters is 1. The average molecular weight is 436 g/mol. The third-order valence-corrected chi connectivity index (χ3v) is 4.75. The lowest BCUT2D eigenvalue weighted by atomic mass is 10.2. The van der Waals surface area contributed by atoms with Gasteiger partial charge in [-0.1, -0.05) is 23.4 Å². The Hall–Kier alpha value is -2.96. The number of benzene rings is 1. The predicted octanol–water partition coefficient (Wildman–Crippen LogP) is 0.426. The fourth-order valence-electron chi connectivity index (χ4n) is 2.95. The van der Waals surface area contributed by atoms with Crippen molar-refractivity contribution in [2.75, 3.05) is 12.1 Å². The zero-order valence-corrected chi connectivity index (χ0v) is 16.2. The van der Waals surface area contributed by atoms with E-state index in [1.54, 1.807) is 30.3 Å². The summed E-state index contributed by atoms with van der Waals surface area (Å²) < 4.78 is 28.8. The second-order valence-electron chi connectivity index (χ2n) is 6.43. The molecule has 4 rings (SSSR count). The normalized spacial score (nSPS) is 21.7. The summed E-state index contributed by atoms with van der Waals surface area (Å²) in [5.74, 6) is -0.500. The summed E-state index contributed by atoms with van der Waals surface area (Å²) >= 11 is 0. The van der Waals surface area contributed by atoms with Crippen LogP contribution in [0.1, 0.15) is 23.0 Å². The van der Waals surface area contributed by atoms with Crippen LogP contribution in [-0.4, -0.2) is 59.5 Å². The summed E-state index contributed by atoms with van der Waals surface area (Å²) in [6, 6.07) is 8.32. The van der Waals surface area contributed by atoms with Gasteiger partial charge in [0.25, 0.3) is 0 Å². The number of fused-ring (bicyclic) bond motifs is 1. The quantitative estimate of drug-likeness (QED) is 0.358. The number of carbonyl (C=O) groups excluding carboxylic acids is 1. The first-order valence-corrected chi connectivity index (χ1v) is 10.5. The molecule has 0 aliphatic carbocycles. The number of hydrogen-bond acceptors (Lipinski definition) is 10. The van der Waals surface area contributed by atoms with Crippen molar-refractivity contribution in [1.29, 1.82) is 0 Å². The van der Waals surface area contributed by atoms with Crippen molar-refractivity contribution in [3.63, 3.8) is 0 Å². The second-order valence-corrected chi connectivity index (χ2v) is 8.01. The standard InChI is InChI=1S/C16H17N6O7P/c17-13-12-14(19-7-18-13)22(21-20-12)15-10(6-11(29-15)27-8-30(24,25)26)28-16(23)9-4-2-1-3-5-9/h1-5,7,10-11,15H,6,8H2,(H2,17,18,19)(H2,24,25,26)/t10-,11+,15-/m1/s1. The van der Waals surface area contributed by atoms with Gasteiger partial charge in [0.2, 0.25) is 0 Å². The molecule has 2 aromatic heterocycles. The average Bonchev–Trinajstić information content (AvgIpc) is 3.31. The highest BCUT2D eigenvalue weighted by molar-refractivity contribution is 7.51. The predicted molar refractivity (Wildman–Crippen MR) is 99.7 cm³/mol. The maximum atomic E-state index is 12.5. The van der Waals surface area contributed by atoms with E-state index in [0.29, 0.717) is 5.56 Å². The highest BCUT2D eigenvalue weighted by Gasteiger charge is 2.42. The molecule has 1 fully saturated rings. The van der Waals surface area contributed by atoms with Crippen molar-refractivity contribution in [3.8, 4) is 0 Å². The lowest BCUT2D eigenvalue weighted by Crippen LogP contribution is -2.26. The summed E-state index contributed by atoms with van der Waals surface area (Å²) in [4.78, 5) is 38.5. The van der Waals surface area contributed by atoms with E-state index in [9.17, 15) is 9.36 Å². The number of carbonyl (C=O) groups is 1. The van der Waals surface area contributed by atoms with Crippen LogP contribution in [0, 0.1) is 0 Å². The maximum Gasteiger partial charge on any atom is 0.351 e. The van der Waals surface area contributed by atoms with E-state index in [0.717, 1.165) is 0 Å². The van der Waals surface area contributed by atoms with Gasteiger partial charge in [-0.05, 0) is 12.1 Å². The number of hydrogen-bond donors (Lipinski definition) is 3. The van der Waals surface area contributed by atoms with E-state index in [1.165, 1.54) is 11.0 Å². The topological polar surface area (TPSA) is 185 Å². The van der Waals surface area contributed by atoms with Crippen LogP contribution in [-0.2, 0) is 18.8 Å². The summed E-state index contributed by atoms with van der Waals surface area (Å²) in [5, 5.41) is 7.89. The number of nitrogen functional groups attached to an aromatic ring is 1. The molecule has 1 aliphatic rings. The zero-order chi connectivity index (χ0) is 21.3. The molecule has 0 spiro atoms. The van der Waals surface area contributed by atoms with Crippen LogP contribution in [0.3, 0.4) is 0 Å². The molecule has 13 nitrogen and oxygen atoms in total. The molecule has 0 saturated carbocycles. The molecule has 1 saturated heterocycles. The number of ether oxygens (including phenoxy) is 3. The zero-order valence-electron chi connectivity index (χ0n) is 15.3. The molecule has 1 aliphatic heterocycles. The summed E-state index contributed by atoms with van der Waals surface area (Å²) in [6.45, 7) is 0. The lowest BCUT2D eigenvalue weighted by molar-refractivity contribution is -0.149. The van der Waals surface area contributed by atoms with Crippen LogP contribution >= 0.6 is 7.60 Å². The fraction of sp³-hybridized carbons (Fsp3) is 0.312. The molecule has 0 radical (unpaired) electrons. The molecule has 158 valence electrons. The van der Waals surface area contributed by atoms with Gasteiger partial charge in [0.15, 0.2) is 42.0 Å². The highest BCUT2D eigenvalue weighted by atomic mass is 31.2. The van der Waals surface area contributed by atoms with Gasteiger partial charge in [0, 0.05) is 6.42 Å². The van der Waals surface area contributed by atoms with Crippen LogP contribution in [0.25, 0.3) is 11.2 Å². The minimum absolute atomic E-state index is 0.00512. The van der Waals surface area contributed by atoms with Crippen molar-refractivity contribution < 1.29 is 33.4 Å². The van der Waals surface area contributed by atoms with Crippen molar-refractivity contribution in [1.82, 2.24) is 25.0 Å². The number of rotatable bonds is 6. The number of aromatic nitrogens is 5. The van der Waals surface area contributed by atoms with Gasteiger partial charge in [-0.2, -0.15) is 4.68 Å². The van der Waals surface area contributed by atoms with Gasteiger partial charge in [0.1, 0.15) is 6.33 Å². The molecule has 14 heteroatoms. The minimum atomic E-state index is -4.42. The third kappa shape index (κ3) is 4.30. The van der Waals surface area contributed by atoms with Gasteiger partial charge >= 0.3 is 13.6 Å². The van der Waals surface area contributed by atoms with Crippen molar-refractivity contribution >= 4 is 30.5 Å². The first-order chi connectivity index (χ1) is 14.3. The fourth-order valence-corrected chi connectivity index (χ4v) is 3.31. The Kier molecular flexibility index (Phi) is 5.45. The summed E-state index contributed by atoms with van der Waals surface area (Å²) in [6.07, 6.45) is -2.60. The molecular weight excluding hydrogens is 419 g/mol. The number of nitrogens with two attached hydrogens (primary N) is 1. The van der Waals surface area contributed by atoms with E-state index in [4.69, 9.17) is 29.7 Å². The number of nitrogens with zero attached hydrogens (tertiary/aromatic N) is 5. The molecular formula is C16H17N6O7P. The Labute approximate surface area is 168 Å². The van der Waals surface area contributed by atoms with E-state index >= 15 is 0 Å². The summed E-state index contributed by atoms with van der Waals surface area (Å²) in [5.41, 5.74) is 6.57. The largest absolute Gasteiger partial charge is 0.454 e. The molecule has 0 bridgehead atoms. The van der Waals surface area contributed by atoms with Crippen LogP contribution < -0.4 is 5.73 Å². The van der Waals surface area contributed by atoms with E-state index in [-0.39, 0.29) is 23.4 Å². The van der Waals surface area contributed by atoms with E-state index in [1.807, 2.05) is 0 Å². The molecule has 3 aromatic rings. The van der Waals surface area contributed by atoms with Gasteiger partial charge in [-0.25, -0.2) is 14.8 Å². The molecule has 4 N–H and O–H groups in total. The molecule has 0 amide bonds. The number of anilines is 1. The molecule has 30 heavy (non-hydrogen) atoms. The SMILES string of the molecule is Nc1ncnc2c1nnn2[C@@H]1O[C@H](OCP(=O)(O)O)C[C@H]1OC(=O)c1ccccc1. The Morgan fingerprint density at radius 2 is 2.07 bits per heavy atom. The van der Waals surface area contributed by atoms with Crippen LogP contribution in [0.5, 0.6) is 0 Å². The maximum absolute atomic E-state index is 12.5. The van der Waals surface area contributed by atoms with Gasteiger partial charge in [-0.3, -0.25) is 4.57 Å². The third-order valence-electron chi connectivity index (χ3n) is 4.26. The smallest absolute Gasteiger partial charge is 0.351 e. The Bertz CT molecular complexity index is 1100. The lowest BCUT2D eigenvalue weighted by Gasteiger charge is -2.19. The van der Waals surface area contributed by atoms with Gasteiger partial charge < -0.3 is 29.7 Å². The van der Waals surface area contributed by atoms with Gasteiger partial charge in [-0.15, -0.1) is 5.10 Å². The first-order valence-electron chi connectivity index (χ1n) is 8.71. The first kappa shape index (κ1) is 20.3. The Morgan fingerprint density at radius 3 is 2.80 bits per heavy atom. The monoisotopic (exact) mass is 436 g/mol. The molecule has 3 heterocycles.